The van der Waals surface area contributed by atoms with Gasteiger partial charge in [-0.05, 0) is 72.5 Å². The standard InChI is InChI=1S/C47H40F2N6O3.ClH/c1-29-31(11-9-17-37(29)48)21-39-45(35-23-43(57)51-25-41(35)54(39)33-13-5-3-6-14-33)47(27-50-19-20-53(47)28-56)46-36-24-44(58)52-26-42(36)55(34-15-7-4-8-16-34)40(46)22-32-12-10-18-38(49)30(32)2;/h3-18,23-26,28,50H,19-22,27H2,1-2H3,(H,51,57)(H,52,58);1H. The fraction of sp³-hybridized carbons (Fsp3) is 0.170. The predicted molar refractivity (Wildman–Crippen MR) is 229 cm³/mol. The number of carbonyl (C=O) groups is 1. The van der Waals surface area contributed by atoms with Crippen molar-refractivity contribution in [1.82, 2.24) is 29.3 Å². The number of fused-ring (bicyclic) bond motifs is 2. The van der Waals surface area contributed by atoms with Crippen molar-refractivity contribution in [3.05, 3.63) is 199 Å². The van der Waals surface area contributed by atoms with Crippen molar-refractivity contribution in [3.8, 4) is 11.4 Å². The molecule has 0 bridgehead atoms. The number of para-hydroxylation sites is 2. The van der Waals surface area contributed by atoms with Crippen LogP contribution in [0.25, 0.3) is 33.2 Å². The molecule has 59 heavy (non-hydrogen) atoms. The number of halogens is 3. The molecule has 1 fully saturated rings. The molecule has 1 aliphatic heterocycles. The monoisotopic (exact) mass is 810 g/mol. The van der Waals surface area contributed by atoms with Gasteiger partial charge in [0.15, 0.2) is 0 Å². The molecule has 1 amide bonds. The van der Waals surface area contributed by atoms with Gasteiger partial charge < -0.3 is 29.3 Å². The predicted octanol–water partition coefficient (Wildman–Crippen LogP) is 7.75. The van der Waals surface area contributed by atoms with Crippen molar-refractivity contribution in [2.75, 3.05) is 19.6 Å². The Balaban J connectivity index is 0.00000484. The SMILES string of the molecule is Cc1c(F)cccc1Cc1c(C2(c3c(Cc4cccc(F)c4C)n(-c4ccccc4)c4c[nH]c(=O)cc34)CNCCN2C=O)c2cc(=O)[nH]cc2n1-c1ccccc1.Cl. The van der Waals surface area contributed by atoms with Crippen molar-refractivity contribution in [2.24, 2.45) is 0 Å². The van der Waals surface area contributed by atoms with E-state index in [-0.39, 0.29) is 61.1 Å². The summed E-state index contributed by atoms with van der Waals surface area (Å²) >= 11 is 0. The number of amides is 1. The molecule has 0 aliphatic carbocycles. The van der Waals surface area contributed by atoms with E-state index in [0.29, 0.717) is 50.6 Å². The van der Waals surface area contributed by atoms with E-state index in [2.05, 4.69) is 24.4 Å². The van der Waals surface area contributed by atoms with Gasteiger partial charge in [-0.25, -0.2) is 8.78 Å². The lowest BCUT2D eigenvalue weighted by atomic mass is 9.75. The number of aromatic nitrogens is 4. The molecule has 12 heteroatoms. The summed E-state index contributed by atoms with van der Waals surface area (Å²) in [5.41, 5.74) is 6.04. The number of hydrogen-bond donors (Lipinski definition) is 3. The molecule has 298 valence electrons. The van der Waals surface area contributed by atoms with E-state index in [9.17, 15) is 14.4 Å². The maximum absolute atomic E-state index is 15.4. The molecule has 9 nitrogen and oxygen atoms in total. The number of piperazine rings is 1. The summed E-state index contributed by atoms with van der Waals surface area (Å²) in [7, 11) is 0. The normalized spacial score (nSPS) is 13.8. The van der Waals surface area contributed by atoms with Crippen LogP contribution < -0.4 is 16.4 Å². The first-order valence-corrected chi connectivity index (χ1v) is 19.3. The Morgan fingerprint density at radius 3 is 1.56 bits per heavy atom. The maximum Gasteiger partial charge on any atom is 0.248 e. The van der Waals surface area contributed by atoms with Gasteiger partial charge in [0, 0.05) is 102 Å². The Kier molecular flexibility index (Phi) is 10.4. The highest BCUT2D eigenvalue weighted by atomic mass is 35.5. The zero-order chi connectivity index (χ0) is 40.1. The first-order chi connectivity index (χ1) is 28.2. The van der Waals surface area contributed by atoms with Crippen LogP contribution in [0.15, 0.2) is 131 Å². The average Bonchev–Trinajstić information content (AvgIpc) is 3.73. The number of pyridine rings is 2. The summed E-state index contributed by atoms with van der Waals surface area (Å²) in [6, 6.07) is 32.6. The number of carbonyl (C=O) groups excluding carboxylic acids is 1. The quantitative estimate of drug-likeness (QED) is 0.130. The molecule has 3 N–H and O–H groups in total. The summed E-state index contributed by atoms with van der Waals surface area (Å²) in [6.07, 6.45) is 4.65. The molecule has 4 aromatic heterocycles. The number of benzene rings is 4. The molecule has 4 aromatic carbocycles. The smallest absolute Gasteiger partial charge is 0.248 e. The fourth-order valence-corrected chi connectivity index (χ4v) is 9.07. The number of nitrogens with zero attached hydrogens (tertiary/aromatic N) is 3. The van der Waals surface area contributed by atoms with Gasteiger partial charge in [0.2, 0.25) is 17.5 Å². The van der Waals surface area contributed by atoms with Gasteiger partial charge >= 0.3 is 0 Å². The van der Waals surface area contributed by atoms with Crippen molar-refractivity contribution < 1.29 is 13.6 Å². The number of nitrogens with one attached hydrogen (secondary N) is 3. The highest BCUT2D eigenvalue weighted by Gasteiger charge is 2.49. The lowest BCUT2D eigenvalue weighted by Crippen LogP contribution is -2.59. The van der Waals surface area contributed by atoms with E-state index in [4.69, 9.17) is 0 Å². The summed E-state index contributed by atoms with van der Waals surface area (Å²) in [4.78, 5) is 48.5. The van der Waals surface area contributed by atoms with E-state index in [1.807, 2.05) is 72.8 Å². The molecule has 0 atom stereocenters. The Labute approximate surface area is 344 Å². The van der Waals surface area contributed by atoms with E-state index in [0.717, 1.165) is 40.3 Å². The third-order valence-corrected chi connectivity index (χ3v) is 11.8. The number of aromatic amines is 2. The van der Waals surface area contributed by atoms with Crippen LogP contribution in [0.1, 0.15) is 44.8 Å². The Morgan fingerprint density at radius 1 is 0.661 bits per heavy atom. The Hall–Kier alpha value is -6.56. The third kappa shape index (κ3) is 6.47. The van der Waals surface area contributed by atoms with Crippen LogP contribution >= 0.6 is 12.4 Å². The van der Waals surface area contributed by atoms with Crippen LogP contribution in [0, 0.1) is 25.5 Å². The molecule has 0 saturated carbocycles. The second-order valence-corrected chi connectivity index (χ2v) is 14.9. The van der Waals surface area contributed by atoms with Crippen LogP contribution in [-0.2, 0) is 23.2 Å². The molecule has 0 spiro atoms. The lowest BCUT2D eigenvalue weighted by molar-refractivity contribution is -0.124. The van der Waals surface area contributed by atoms with Crippen LogP contribution in [0.2, 0.25) is 0 Å². The topological polar surface area (TPSA) is 108 Å². The summed E-state index contributed by atoms with van der Waals surface area (Å²) < 4.78 is 34.9. The van der Waals surface area contributed by atoms with Crippen LogP contribution in [-0.4, -0.2) is 50.0 Å². The zero-order valence-electron chi connectivity index (χ0n) is 32.4. The van der Waals surface area contributed by atoms with Gasteiger partial charge in [-0.15, -0.1) is 12.4 Å². The Bertz CT molecular complexity index is 2800. The summed E-state index contributed by atoms with van der Waals surface area (Å²) in [5.74, 6) is -0.698. The maximum atomic E-state index is 15.4. The van der Waals surface area contributed by atoms with Crippen LogP contribution in [0.3, 0.4) is 0 Å². The minimum atomic E-state index is -1.38. The van der Waals surface area contributed by atoms with Gasteiger partial charge in [-0.1, -0.05) is 60.7 Å². The first-order valence-electron chi connectivity index (χ1n) is 19.3. The van der Waals surface area contributed by atoms with Gasteiger partial charge in [-0.2, -0.15) is 0 Å². The molecule has 1 saturated heterocycles. The molecule has 0 radical (unpaired) electrons. The van der Waals surface area contributed by atoms with Gasteiger partial charge in [0.25, 0.3) is 0 Å². The second-order valence-electron chi connectivity index (χ2n) is 14.9. The minimum absolute atomic E-state index is 0. The fourth-order valence-electron chi connectivity index (χ4n) is 9.07. The number of H-pyrrole nitrogens is 2. The van der Waals surface area contributed by atoms with E-state index < -0.39 is 5.54 Å². The number of hydrogen-bond acceptors (Lipinski definition) is 4. The van der Waals surface area contributed by atoms with Crippen molar-refractivity contribution >= 4 is 40.6 Å². The highest BCUT2D eigenvalue weighted by molar-refractivity contribution is 5.94. The molecule has 8 aromatic rings. The minimum Gasteiger partial charge on any atom is -0.329 e. The largest absolute Gasteiger partial charge is 0.329 e. The third-order valence-electron chi connectivity index (χ3n) is 11.8. The van der Waals surface area contributed by atoms with E-state index in [1.165, 1.54) is 12.1 Å². The van der Waals surface area contributed by atoms with Crippen molar-refractivity contribution in [2.45, 2.75) is 32.2 Å². The zero-order valence-corrected chi connectivity index (χ0v) is 33.2. The molecule has 5 heterocycles. The Morgan fingerprint density at radius 2 is 1.12 bits per heavy atom. The number of rotatable bonds is 9. The summed E-state index contributed by atoms with van der Waals surface area (Å²) in [6.45, 7) is 4.45. The lowest BCUT2D eigenvalue weighted by Gasteiger charge is -2.47. The van der Waals surface area contributed by atoms with Crippen LogP contribution in [0.4, 0.5) is 8.78 Å². The average molecular weight is 811 g/mol. The molecular weight excluding hydrogens is 770 g/mol. The van der Waals surface area contributed by atoms with Gasteiger partial charge in [0.1, 0.15) is 17.2 Å². The summed E-state index contributed by atoms with van der Waals surface area (Å²) in [5, 5.41) is 4.78. The molecule has 1 aliphatic rings. The molecule has 9 rings (SSSR count). The van der Waals surface area contributed by atoms with Crippen LogP contribution in [0.5, 0.6) is 0 Å². The van der Waals surface area contributed by atoms with Crippen molar-refractivity contribution in [3.63, 3.8) is 0 Å². The van der Waals surface area contributed by atoms with Gasteiger partial charge in [0.05, 0.1) is 11.0 Å². The second kappa shape index (κ2) is 15.7. The van der Waals surface area contributed by atoms with Crippen molar-refractivity contribution in [1.29, 1.82) is 0 Å². The van der Waals surface area contributed by atoms with E-state index >= 15 is 8.78 Å². The molecular formula is C47H41ClF2N6O3. The highest BCUT2D eigenvalue weighted by Crippen LogP contribution is 2.49. The van der Waals surface area contributed by atoms with E-state index in [1.54, 1.807) is 55.4 Å². The van der Waals surface area contributed by atoms with Gasteiger partial charge in [-0.3, -0.25) is 14.4 Å². The molecule has 0 unspecified atom stereocenters. The first kappa shape index (κ1) is 39.3.